The zero-order valence-corrected chi connectivity index (χ0v) is 17.4. The summed E-state index contributed by atoms with van der Waals surface area (Å²) in [4.78, 5) is 30.7. The van der Waals surface area contributed by atoms with Crippen molar-refractivity contribution in [3.05, 3.63) is 41.1 Å². The van der Waals surface area contributed by atoms with E-state index in [0.717, 1.165) is 18.9 Å². The minimum Gasteiger partial charge on any atom is -0.405 e. The molecule has 33 heavy (non-hydrogen) atoms. The highest BCUT2D eigenvalue weighted by Crippen LogP contribution is 2.42. The van der Waals surface area contributed by atoms with E-state index >= 15 is 0 Å². The molecule has 2 aromatic heterocycles. The Labute approximate surface area is 185 Å². The third kappa shape index (κ3) is 3.60. The van der Waals surface area contributed by atoms with Gasteiger partial charge >= 0.3 is 6.36 Å². The Kier molecular flexibility index (Phi) is 4.52. The number of carbonyl (C=O) groups excluding carboxylic acids is 2. The van der Waals surface area contributed by atoms with E-state index in [1.54, 1.807) is 11.0 Å². The number of benzene rings is 1. The number of nitrogen functional groups attached to an aromatic ring is 1. The molecule has 0 unspecified atom stereocenters. The lowest BCUT2D eigenvalue weighted by molar-refractivity contribution is -0.274. The predicted molar refractivity (Wildman–Crippen MR) is 110 cm³/mol. The number of hydrogen-bond donors (Lipinski definition) is 2. The fourth-order valence-electron chi connectivity index (χ4n) is 4.30. The smallest absolute Gasteiger partial charge is 0.405 e. The Bertz CT molecular complexity index is 1310. The number of primary amides is 1. The van der Waals surface area contributed by atoms with Gasteiger partial charge in [0.2, 0.25) is 0 Å². The van der Waals surface area contributed by atoms with Crippen molar-refractivity contribution in [1.82, 2.24) is 19.5 Å². The first-order valence-electron chi connectivity index (χ1n) is 10.2. The minimum atomic E-state index is -4.99. The van der Waals surface area contributed by atoms with E-state index in [4.69, 9.17) is 11.5 Å². The van der Waals surface area contributed by atoms with Crippen molar-refractivity contribution in [2.45, 2.75) is 38.7 Å². The lowest BCUT2D eigenvalue weighted by atomic mass is 10.0. The summed E-state index contributed by atoms with van der Waals surface area (Å²) in [6, 6.07) is 4.15. The van der Waals surface area contributed by atoms with Crippen LogP contribution in [-0.2, 0) is 6.54 Å². The van der Waals surface area contributed by atoms with Crippen molar-refractivity contribution in [2.24, 2.45) is 11.7 Å². The number of carbonyl (C=O) groups is 2. The first kappa shape index (κ1) is 21.0. The van der Waals surface area contributed by atoms with E-state index in [1.807, 2.05) is 6.92 Å². The molecule has 12 heteroatoms. The molecule has 9 nitrogen and oxygen atoms in total. The Morgan fingerprint density at radius 2 is 2.03 bits per heavy atom. The van der Waals surface area contributed by atoms with Gasteiger partial charge in [0.1, 0.15) is 11.3 Å². The van der Waals surface area contributed by atoms with E-state index in [2.05, 4.69) is 14.8 Å². The summed E-state index contributed by atoms with van der Waals surface area (Å²) in [5, 5.41) is 3.96. The molecule has 4 N–H and O–H groups in total. The van der Waals surface area contributed by atoms with Crippen molar-refractivity contribution in [3.63, 3.8) is 0 Å². The van der Waals surface area contributed by atoms with Gasteiger partial charge in [0.25, 0.3) is 11.8 Å². The van der Waals surface area contributed by atoms with Gasteiger partial charge in [-0.25, -0.2) is 9.50 Å². The summed E-state index contributed by atoms with van der Waals surface area (Å²) in [5.41, 5.74) is 11.9. The van der Waals surface area contributed by atoms with Crippen molar-refractivity contribution in [2.75, 3.05) is 5.73 Å². The number of halogens is 3. The van der Waals surface area contributed by atoms with E-state index in [0.29, 0.717) is 11.5 Å². The quantitative estimate of drug-likeness (QED) is 0.602. The van der Waals surface area contributed by atoms with E-state index in [-0.39, 0.29) is 46.4 Å². The zero-order valence-electron chi connectivity index (χ0n) is 17.4. The second kappa shape index (κ2) is 7.09. The molecule has 1 fully saturated rings. The molecule has 2 aliphatic rings. The highest BCUT2D eigenvalue weighted by molar-refractivity contribution is 6.04. The van der Waals surface area contributed by atoms with E-state index in [1.165, 1.54) is 16.8 Å². The van der Waals surface area contributed by atoms with Crippen molar-refractivity contribution in [1.29, 1.82) is 0 Å². The maximum atomic E-state index is 13.2. The molecular formula is C21H19F3N6O3. The normalized spacial score (nSPS) is 16.8. The van der Waals surface area contributed by atoms with Crippen molar-refractivity contribution in [3.8, 4) is 17.0 Å². The van der Waals surface area contributed by atoms with Crippen LogP contribution in [0, 0.1) is 5.92 Å². The highest BCUT2D eigenvalue weighted by Gasteiger charge is 2.42. The number of anilines is 1. The molecule has 1 atom stereocenters. The summed E-state index contributed by atoms with van der Waals surface area (Å²) in [6.45, 7) is 2.07. The number of fused-ring (bicyclic) bond motifs is 2. The van der Waals surface area contributed by atoms with Gasteiger partial charge < -0.3 is 21.1 Å². The maximum absolute atomic E-state index is 13.2. The SMILES string of the molecule is C[C@@H](C1CC1)N1Cc2cc(-c3ccn4nc(N)c(C(N)=O)c4n3)cc(OC(F)(F)F)c2C1=O. The van der Waals surface area contributed by atoms with Crippen LogP contribution in [0.4, 0.5) is 19.0 Å². The number of amides is 2. The molecule has 1 aliphatic carbocycles. The fourth-order valence-corrected chi connectivity index (χ4v) is 4.30. The van der Waals surface area contributed by atoms with Gasteiger partial charge in [-0.2, -0.15) is 0 Å². The third-order valence-electron chi connectivity index (χ3n) is 6.08. The fraction of sp³-hybridized carbons (Fsp3) is 0.333. The van der Waals surface area contributed by atoms with Crippen LogP contribution < -0.4 is 16.2 Å². The van der Waals surface area contributed by atoms with Crippen LogP contribution >= 0.6 is 0 Å². The number of rotatable bonds is 5. The molecule has 3 aromatic rings. The van der Waals surface area contributed by atoms with E-state index in [9.17, 15) is 22.8 Å². The van der Waals surface area contributed by atoms with Gasteiger partial charge in [-0.15, -0.1) is 18.3 Å². The number of aromatic nitrogens is 3. The van der Waals surface area contributed by atoms with Crippen LogP contribution in [-0.4, -0.2) is 43.7 Å². The predicted octanol–water partition coefficient (Wildman–Crippen LogP) is 2.73. The van der Waals surface area contributed by atoms with Crippen molar-refractivity contribution >= 4 is 23.3 Å². The largest absolute Gasteiger partial charge is 0.573 e. The Morgan fingerprint density at radius 1 is 1.30 bits per heavy atom. The molecule has 172 valence electrons. The molecule has 0 bridgehead atoms. The lowest BCUT2D eigenvalue weighted by Gasteiger charge is -2.24. The second-order valence-electron chi connectivity index (χ2n) is 8.27. The average molecular weight is 460 g/mol. The van der Waals surface area contributed by atoms with Crippen LogP contribution in [0.5, 0.6) is 5.75 Å². The number of nitrogens with zero attached hydrogens (tertiary/aromatic N) is 4. The first-order chi connectivity index (χ1) is 15.5. The highest BCUT2D eigenvalue weighted by atomic mass is 19.4. The zero-order chi connectivity index (χ0) is 23.7. The van der Waals surface area contributed by atoms with Crippen LogP contribution in [0.1, 0.15) is 46.0 Å². The summed E-state index contributed by atoms with van der Waals surface area (Å²) in [6.07, 6.45) is -1.55. The third-order valence-corrected chi connectivity index (χ3v) is 6.08. The van der Waals surface area contributed by atoms with Gasteiger partial charge in [-0.3, -0.25) is 9.59 Å². The molecule has 3 heterocycles. The van der Waals surface area contributed by atoms with E-state index < -0.39 is 23.9 Å². The van der Waals surface area contributed by atoms with Gasteiger partial charge in [-0.1, -0.05) is 0 Å². The molecule has 1 aromatic carbocycles. The minimum absolute atomic E-state index is 0.0661. The summed E-state index contributed by atoms with van der Waals surface area (Å²) >= 11 is 0. The monoisotopic (exact) mass is 460 g/mol. The molecule has 0 radical (unpaired) electrons. The number of nitrogens with two attached hydrogens (primary N) is 2. The number of hydrogen-bond acceptors (Lipinski definition) is 6. The average Bonchev–Trinajstić information content (AvgIpc) is 3.43. The topological polar surface area (TPSA) is 129 Å². The van der Waals surface area contributed by atoms with Gasteiger partial charge in [0.15, 0.2) is 11.5 Å². The number of ether oxygens (including phenoxy) is 1. The first-order valence-corrected chi connectivity index (χ1v) is 10.2. The van der Waals surface area contributed by atoms with Crippen LogP contribution in [0.15, 0.2) is 24.4 Å². The summed E-state index contributed by atoms with van der Waals surface area (Å²) in [5.74, 6) is -1.68. The molecule has 0 spiro atoms. The Hall–Kier alpha value is -3.83. The molecule has 1 aliphatic heterocycles. The second-order valence-corrected chi connectivity index (χ2v) is 8.27. The summed E-state index contributed by atoms with van der Waals surface area (Å²) < 4.78 is 45.0. The molecule has 2 amide bonds. The van der Waals surface area contributed by atoms with Crippen LogP contribution in [0.3, 0.4) is 0 Å². The molecule has 5 rings (SSSR count). The van der Waals surface area contributed by atoms with Crippen LogP contribution in [0.25, 0.3) is 16.9 Å². The summed E-state index contributed by atoms with van der Waals surface area (Å²) in [7, 11) is 0. The van der Waals surface area contributed by atoms with Gasteiger partial charge in [0.05, 0.1) is 11.3 Å². The maximum Gasteiger partial charge on any atom is 0.573 e. The van der Waals surface area contributed by atoms with Gasteiger partial charge in [-0.05, 0) is 49.4 Å². The van der Waals surface area contributed by atoms with Gasteiger partial charge in [0, 0.05) is 24.3 Å². The standard InChI is InChI=1S/C21H19F3N6O3/c1-9(10-2-3-10)29-8-12-6-11(7-14(15(12)20(29)32)33-21(22,23)24)13-4-5-30-19(27-13)16(18(26)31)17(25)28-30/h4-7,9-10H,2-3,8H2,1H3,(H2,25,28)(H2,26,31)/t9-/m0/s1. The number of alkyl halides is 3. The lowest BCUT2D eigenvalue weighted by Crippen LogP contribution is -2.34. The van der Waals surface area contributed by atoms with Crippen LogP contribution in [0.2, 0.25) is 0 Å². The molecule has 0 saturated heterocycles. The molecular weight excluding hydrogens is 441 g/mol. The van der Waals surface area contributed by atoms with Crippen molar-refractivity contribution < 1.29 is 27.5 Å². The Morgan fingerprint density at radius 3 is 2.67 bits per heavy atom. The molecule has 1 saturated carbocycles. The Balaban J connectivity index is 1.63.